The smallest absolute Gasteiger partial charge is 0.449 e. The molecular weight excluding hydrogens is 440 g/mol. The number of sulfone groups is 1. The molecule has 0 saturated heterocycles. The predicted molar refractivity (Wildman–Crippen MR) is 105 cm³/mol. The fourth-order valence-corrected chi connectivity index (χ4v) is 4.03. The Labute approximate surface area is 172 Å². The number of hydrogen-bond donors (Lipinski definition) is 0. The van der Waals surface area contributed by atoms with Crippen molar-refractivity contribution in [2.45, 2.75) is 24.5 Å². The van der Waals surface area contributed by atoms with E-state index in [0.29, 0.717) is 10.1 Å². The van der Waals surface area contributed by atoms with Gasteiger partial charge < -0.3 is 8.98 Å². The molecule has 4 aromatic rings. The fourth-order valence-electron chi connectivity index (χ4n) is 3.40. The Kier molecular flexibility index (Phi) is 4.69. The standard InChI is InChI=1S/C20H14F4N2O4S/c1-3-26-17-13(21)8-12-14(27)9-15(10-4-6-11(7-5-10)31(2,28)29)30-18(12)16(17)25-19(26)20(22,23)24/h4-9H,3H2,1-2H3. The van der Waals surface area contributed by atoms with Crippen molar-refractivity contribution in [1.29, 1.82) is 0 Å². The molecule has 11 heteroatoms. The van der Waals surface area contributed by atoms with Crippen molar-refractivity contribution in [2.24, 2.45) is 0 Å². The van der Waals surface area contributed by atoms with Gasteiger partial charge in [-0.05, 0) is 37.3 Å². The summed E-state index contributed by atoms with van der Waals surface area (Å²) >= 11 is 0. The average Bonchev–Trinajstić information content (AvgIpc) is 3.09. The van der Waals surface area contributed by atoms with E-state index in [9.17, 15) is 30.8 Å². The van der Waals surface area contributed by atoms with E-state index in [2.05, 4.69) is 4.98 Å². The summed E-state index contributed by atoms with van der Waals surface area (Å²) in [6.45, 7) is 1.21. The molecule has 0 bridgehead atoms. The highest BCUT2D eigenvalue weighted by molar-refractivity contribution is 7.90. The zero-order valence-corrected chi connectivity index (χ0v) is 16.9. The second-order valence-electron chi connectivity index (χ2n) is 6.88. The van der Waals surface area contributed by atoms with Crippen molar-refractivity contribution >= 4 is 31.8 Å². The molecule has 0 unspecified atom stereocenters. The SMILES string of the molecule is CCn1c(C(F)(F)F)nc2c3oc(-c4ccc(S(C)(=O)=O)cc4)cc(=O)c3cc(F)c21. The Morgan fingerprint density at radius 2 is 1.77 bits per heavy atom. The quantitative estimate of drug-likeness (QED) is 0.429. The van der Waals surface area contributed by atoms with Gasteiger partial charge in [-0.3, -0.25) is 4.79 Å². The minimum absolute atomic E-state index is 0.0231. The largest absolute Gasteiger partial charge is 0.453 e. The third-order valence-corrected chi connectivity index (χ3v) is 5.93. The lowest BCUT2D eigenvalue weighted by Gasteiger charge is -2.09. The number of rotatable bonds is 3. The topological polar surface area (TPSA) is 82.2 Å². The van der Waals surface area contributed by atoms with Gasteiger partial charge in [-0.25, -0.2) is 17.8 Å². The van der Waals surface area contributed by atoms with Gasteiger partial charge >= 0.3 is 6.18 Å². The maximum Gasteiger partial charge on any atom is 0.449 e. The number of benzene rings is 2. The zero-order valence-electron chi connectivity index (χ0n) is 16.1. The normalized spacial score (nSPS) is 12.7. The predicted octanol–water partition coefficient (Wildman–Crippen LogP) is 4.39. The van der Waals surface area contributed by atoms with E-state index in [1.54, 1.807) is 0 Å². The van der Waals surface area contributed by atoms with Gasteiger partial charge in [-0.15, -0.1) is 0 Å². The molecule has 2 heterocycles. The molecule has 0 spiro atoms. The number of aromatic nitrogens is 2. The van der Waals surface area contributed by atoms with Gasteiger partial charge in [0.15, 0.2) is 20.8 Å². The molecule has 0 radical (unpaired) electrons. The van der Waals surface area contributed by atoms with Crippen molar-refractivity contribution < 1.29 is 30.4 Å². The maximum absolute atomic E-state index is 14.7. The number of fused-ring (bicyclic) bond motifs is 3. The molecule has 6 nitrogen and oxygen atoms in total. The van der Waals surface area contributed by atoms with Crippen LogP contribution in [-0.2, 0) is 22.6 Å². The summed E-state index contributed by atoms with van der Waals surface area (Å²) in [5.74, 6) is -2.35. The van der Waals surface area contributed by atoms with Crippen LogP contribution in [0.3, 0.4) is 0 Å². The molecule has 2 aromatic carbocycles. The Morgan fingerprint density at radius 3 is 2.32 bits per heavy atom. The molecule has 31 heavy (non-hydrogen) atoms. The second kappa shape index (κ2) is 6.91. The lowest BCUT2D eigenvalue weighted by molar-refractivity contribution is -0.146. The van der Waals surface area contributed by atoms with Gasteiger partial charge in [0.25, 0.3) is 0 Å². The van der Waals surface area contributed by atoms with Crippen molar-refractivity contribution in [3.63, 3.8) is 0 Å². The molecular formula is C20H14F4N2O4S. The minimum Gasteiger partial charge on any atom is -0.453 e. The molecule has 0 aliphatic carbocycles. The van der Waals surface area contributed by atoms with E-state index in [-0.39, 0.29) is 28.2 Å². The van der Waals surface area contributed by atoms with Gasteiger partial charge in [-0.1, -0.05) is 0 Å². The minimum atomic E-state index is -4.84. The number of hydrogen-bond acceptors (Lipinski definition) is 5. The molecule has 0 saturated carbocycles. The van der Waals surface area contributed by atoms with E-state index in [4.69, 9.17) is 4.42 Å². The summed E-state index contributed by atoms with van der Waals surface area (Å²) < 4.78 is 84.5. The molecule has 0 aliphatic rings. The molecule has 0 atom stereocenters. The first-order valence-corrected chi connectivity index (χ1v) is 10.8. The molecule has 0 N–H and O–H groups in total. The summed E-state index contributed by atoms with van der Waals surface area (Å²) in [5.41, 5.74) is -1.49. The Balaban J connectivity index is 2.04. The molecule has 4 rings (SSSR count). The van der Waals surface area contributed by atoms with Gasteiger partial charge in [-0.2, -0.15) is 13.2 Å². The van der Waals surface area contributed by atoms with E-state index in [1.807, 2.05) is 0 Å². The number of imidazole rings is 1. The van der Waals surface area contributed by atoms with Crippen LogP contribution in [-0.4, -0.2) is 24.2 Å². The highest BCUT2D eigenvalue weighted by Crippen LogP contribution is 2.36. The second-order valence-corrected chi connectivity index (χ2v) is 8.90. The molecule has 0 amide bonds. The monoisotopic (exact) mass is 454 g/mol. The van der Waals surface area contributed by atoms with E-state index in [1.165, 1.54) is 31.2 Å². The first kappa shape index (κ1) is 21.0. The van der Waals surface area contributed by atoms with E-state index in [0.717, 1.165) is 18.4 Å². The summed E-state index contributed by atoms with van der Waals surface area (Å²) in [6, 6.07) is 7.30. The number of aryl methyl sites for hydroxylation is 1. The van der Waals surface area contributed by atoms with Gasteiger partial charge in [0.2, 0.25) is 5.82 Å². The Morgan fingerprint density at radius 1 is 1.13 bits per heavy atom. The van der Waals surface area contributed by atoms with Crippen molar-refractivity contribution in [2.75, 3.05) is 6.26 Å². The lowest BCUT2D eigenvalue weighted by atomic mass is 10.1. The summed E-state index contributed by atoms with van der Waals surface area (Å²) in [4.78, 5) is 16.2. The van der Waals surface area contributed by atoms with E-state index >= 15 is 0 Å². The Bertz CT molecular complexity index is 1500. The number of halogens is 4. The van der Waals surface area contributed by atoms with Crippen LogP contribution in [0.4, 0.5) is 17.6 Å². The lowest BCUT2D eigenvalue weighted by Crippen LogP contribution is -2.14. The maximum atomic E-state index is 14.7. The van der Waals surface area contributed by atoms with Gasteiger partial charge in [0, 0.05) is 24.4 Å². The summed E-state index contributed by atoms with van der Waals surface area (Å²) in [7, 11) is -3.45. The van der Waals surface area contributed by atoms with Crippen LogP contribution in [0.1, 0.15) is 12.7 Å². The molecule has 162 valence electrons. The number of alkyl halides is 3. The molecule has 2 aromatic heterocycles. The van der Waals surface area contributed by atoms with Crippen LogP contribution in [0.15, 0.2) is 50.5 Å². The molecule has 0 fully saturated rings. The summed E-state index contributed by atoms with van der Waals surface area (Å²) in [6.07, 6.45) is -3.81. The highest BCUT2D eigenvalue weighted by Gasteiger charge is 2.38. The van der Waals surface area contributed by atoms with Crippen LogP contribution in [0.25, 0.3) is 33.3 Å². The first-order valence-electron chi connectivity index (χ1n) is 8.96. The fraction of sp³-hybridized carbons (Fsp3) is 0.200. The van der Waals surface area contributed by atoms with E-state index < -0.39 is 44.1 Å². The van der Waals surface area contributed by atoms with Crippen LogP contribution >= 0.6 is 0 Å². The third-order valence-electron chi connectivity index (χ3n) is 4.80. The number of nitrogens with zero attached hydrogens (tertiary/aromatic N) is 2. The first-order chi connectivity index (χ1) is 14.4. The zero-order chi connectivity index (χ0) is 22.7. The Hall–Kier alpha value is -3.21. The van der Waals surface area contributed by atoms with Crippen LogP contribution in [0, 0.1) is 5.82 Å². The van der Waals surface area contributed by atoms with Crippen LogP contribution < -0.4 is 5.43 Å². The van der Waals surface area contributed by atoms with Crippen LogP contribution in [0.2, 0.25) is 0 Å². The molecule has 0 aliphatic heterocycles. The average molecular weight is 454 g/mol. The van der Waals surface area contributed by atoms with Crippen molar-refractivity contribution in [3.05, 3.63) is 58.3 Å². The highest BCUT2D eigenvalue weighted by atomic mass is 32.2. The van der Waals surface area contributed by atoms with Gasteiger partial charge in [0.05, 0.1) is 10.3 Å². The van der Waals surface area contributed by atoms with Crippen molar-refractivity contribution in [1.82, 2.24) is 9.55 Å². The van der Waals surface area contributed by atoms with Crippen LogP contribution in [0.5, 0.6) is 0 Å². The van der Waals surface area contributed by atoms with Gasteiger partial charge in [0.1, 0.15) is 22.6 Å². The summed E-state index contributed by atoms with van der Waals surface area (Å²) in [5, 5.41) is -0.254. The third kappa shape index (κ3) is 3.48. The van der Waals surface area contributed by atoms with Crippen molar-refractivity contribution in [3.8, 4) is 11.3 Å².